The number of rotatable bonds is 7. The van der Waals surface area contributed by atoms with Crippen LogP contribution in [0.2, 0.25) is 0 Å². The fraction of sp³-hybridized carbons (Fsp3) is 0.375. The van der Waals surface area contributed by atoms with Crippen LogP contribution in [-0.4, -0.2) is 34.5 Å². The first-order valence-electron chi connectivity index (χ1n) is 10.9. The van der Waals surface area contributed by atoms with E-state index in [0.29, 0.717) is 29.9 Å². The molecule has 158 valence electrons. The maximum absolute atomic E-state index is 9.56. The normalized spacial score (nSPS) is 16.6. The molecule has 0 unspecified atom stereocenters. The predicted octanol–water partition coefficient (Wildman–Crippen LogP) is 4.27. The standard InChI is InChI=1S/C24H26N6O/c25-15-20-13-18(3-4-22(20)31-16-17-1-2-17)19-5-11-27-24(14-19)28-23-8-12-30(29-23)21-6-9-26-10-7-21/h3-5,8,11-14,17,21,26H,1-2,6-7,9-10,16H2,(H,27,28,29). The van der Waals surface area contributed by atoms with Crippen molar-refractivity contribution in [2.45, 2.75) is 31.7 Å². The number of benzene rings is 1. The molecular formula is C24H26N6O. The molecule has 0 amide bonds. The minimum atomic E-state index is 0.446. The Labute approximate surface area is 182 Å². The third kappa shape index (κ3) is 4.70. The van der Waals surface area contributed by atoms with E-state index in [0.717, 1.165) is 48.7 Å². The van der Waals surface area contributed by atoms with Crippen LogP contribution < -0.4 is 15.4 Å². The summed E-state index contributed by atoms with van der Waals surface area (Å²) in [6.45, 7) is 2.76. The van der Waals surface area contributed by atoms with Crippen molar-refractivity contribution in [3.63, 3.8) is 0 Å². The molecule has 1 saturated heterocycles. The Balaban J connectivity index is 1.31. The Hall–Kier alpha value is -3.37. The Morgan fingerprint density at radius 1 is 1.06 bits per heavy atom. The average Bonchev–Trinajstić information content (AvgIpc) is 3.54. The highest BCUT2D eigenvalue weighted by Gasteiger charge is 2.22. The van der Waals surface area contributed by atoms with Gasteiger partial charge in [0.15, 0.2) is 5.82 Å². The molecule has 1 aromatic carbocycles. The van der Waals surface area contributed by atoms with Crippen molar-refractivity contribution in [2.75, 3.05) is 25.0 Å². The largest absolute Gasteiger partial charge is 0.492 e. The van der Waals surface area contributed by atoms with E-state index in [1.54, 1.807) is 6.20 Å². The number of pyridine rings is 1. The van der Waals surface area contributed by atoms with E-state index in [-0.39, 0.29) is 0 Å². The number of hydrogen-bond donors (Lipinski definition) is 2. The molecule has 0 atom stereocenters. The second-order valence-corrected chi connectivity index (χ2v) is 8.29. The van der Waals surface area contributed by atoms with E-state index in [1.165, 1.54) is 12.8 Å². The van der Waals surface area contributed by atoms with Crippen molar-refractivity contribution >= 4 is 11.6 Å². The maximum Gasteiger partial charge on any atom is 0.153 e. The van der Waals surface area contributed by atoms with E-state index in [1.807, 2.05) is 47.3 Å². The monoisotopic (exact) mass is 414 g/mol. The van der Waals surface area contributed by atoms with Crippen molar-refractivity contribution in [3.8, 4) is 22.9 Å². The van der Waals surface area contributed by atoms with Gasteiger partial charge in [-0.2, -0.15) is 10.4 Å². The van der Waals surface area contributed by atoms with Gasteiger partial charge in [-0.3, -0.25) is 4.68 Å². The molecule has 1 saturated carbocycles. The lowest BCUT2D eigenvalue weighted by Crippen LogP contribution is -2.29. The molecule has 1 aliphatic heterocycles. The molecule has 0 radical (unpaired) electrons. The zero-order valence-electron chi connectivity index (χ0n) is 17.4. The summed E-state index contributed by atoms with van der Waals surface area (Å²) in [4.78, 5) is 4.44. The van der Waals surface area contributed by atoms with Crippen molar-refractivity contribution in [3.05, 3.63) is 54.4 Å². The van der Waals surface area contributed by atoms with Gasteiger partial charge >= 0.3 is 0 Å². The first-order chi connectivity index (χ1) is 15.3. The molecule has 1 aliphatic carbocycles. The van der Waals surface area contributed by atoms with Gasteiger partial charge in [-0.15, -0.1) is 0 Å². The van der Waals surface area contributed by atoms with Crippen molar-refractivity contribution in [1.82, 2.24) is 20.1 Å². The molecular weight excluding hydrogens is 388 g/mol. The minimum Gasteiger partial charge on any atom is -0.492 e. The topological polar surface area (TPSA) is 87.8 Å². The van der Waals surface area contributed by atoms with Crippen LogP contribution in [0, 0.1) is 17.2 Å². The lowest BCUT2D eigenvalue weighted by Gasteiger charge is -2.22. The molecule has 0 bridgehead atoms. The van der Waals surface area contributed by atoms with E-state index in [2.05, 4.69) is 26.8 Å². The summed E-state index contributed by atoms with van der Waals surface area (Å²) in [6, 6.07) is 14.4. The van der Waals surface area contributed by atoms with Crippen molar-refractivity contribution in [1.29, 1.82) is 5.26 Å². The number of nitrogens with zero attached hydrogens (tertiary/aromatic N) is 4. The Morgan fingerprint density at radius 2 is 1.90 bits per heavy atom. The van der Waals surface area contributed by atoms with Gasteiger partial charge in [0.05, 0.1) is 18.2 Å². The van der Waals surface area contributed by atoms with Gasteiger partial charge in [0.1, 0.15) is 17.6 Å². The molecule has 2 fully saturated rings. The number of anilines is 2. The summed E-state index contributed by atoms with van der Waals surface area (Å²) in [5.74, 6) is 2.82. The number of ether oxygens (including phenoxy) is 1. The van der Waals surface area contributed by atoms with Crippen molar-refractivity contribution < 1.29 is 4.74 Å². The Morgan fingerprint density at radius 3 is 2.71 bits per heavy atom. The van der Waals surface area contributed by atoms with E-state index >= 15 is 0 Å². The Kier molecular flexibility index (Phi) is 5.55. The smallest absolute Gasteiger partial charge is 0.153 e. The third-order valence-corrected chi connectivity index (χ3v) is 5.91. The van der Waals surface area contributed by atoms with Crippen LogP contribution in [0.3, 0.4) is 0 Å². The van der Waals surface area contributed by atoms with Gasteiger partial charge in [-0.25, -0.2) is 4.98 Å². The van der Waals surface area contributed by atoms with Crippen LogP contribution in [0.5, 0.6) is 5.75 Å². The highest BCUT2D eigenvalue weighted by Crippen LogP contribution is 2.32. The fourth-order valence-electron chi connectivity index (χ4n) is 3.90. The maximum atomic E-state index is 9.56. The van der Waals surface area contributed by atoms with Crippen LogP contribution in [0.15, 0.2) is 48.8 Å². The number of aromatic nitrogens is 3. The molecule has 7 nitrogen and oxygen atoms in total. The highest BCUT2D eigenvalue weighted by molar-refractivity contribution is 5.70. The number of hydrogen-bond acceptors (Lipinski definition) is 6. The van der Waals surface area contributed by atoms with Gasteiger partial charge in [-0.1, -0.05) is 6.07 Å². The SMILES string of the molecule is N#Cc1cc(-c2ccnc(Nc3ccn(C4CCNCC4)n3)c2)ccc1OCC1CC1. The van der Waals surface area contributed by atoms with Crippen LogP contribution in [0.1, 0.15) is 37.3 Å². The third-order valence-electron chi connectivity index (χ3n) is 5.91. The van der Waals surface area contributed by atoms with Gasteiger partial charge in [0, 0.05) is 18.5 Å². The summed E-state index contributed by atoms with van der Waals surface area (Å²) in [6.07, 6.45) is 8.44. The number of nitrogens with one attached hydrogen (secondary N) is 2. The van der Waals surface area contributed by atoms with Crippen LogP contribution in [0.25, 0.3) is 11.1 Å². The van der Waals surface area contributed by atoms with E-state index in [9.17, 15) is 5.26 Å². The lowest BCUT2D eigenvalue weighted by molar-refractivity contribution is 0.299. The quantitative estimate of drug-likeness (QED) is 0.600. The minimum absolute atomic E-state index is 0.446. The summed E-state index contributed by atoms with van der Waals surface area (Å²) < 4.78 is 7.88. The molecule has 31 heavy (non-hydrogen) atoms. The summed E-state index contributed by atoms with van der Waals surface area (Å²) in [7, 11) is 0. The first-order valence-corrected chi connectivity index (χ1v) is 10.9. The summed E-state index contributed by atoms with van der Waals surface area (Å²) in [5, 5.41) is 20.9. The van der Waals surface area contributed by atoms with Gasteiger partial charge < -0.3 is 15.4 Å². The molecule has 2 N–H and O–H groups in total. The molecule has 2 aliphatic rings. The van der Waals surface area contributed by atoms with Crippen molar-refractivity contribution in [2.24, 2.45) is 5.92 Å². The number of piperidine rings is 1. The molecule has 7 heteroatoms. The predicted molar refractivity (Wildman–Crippen MR) is 119 cm³/mol. The molecule has 3 heterocycles. The molecule has 5 rings (SSSR count). The van der Waals surface area contributed by atoms with Crippen LogP contribution in [-0.2, 0) is 0 Å². The summed E-state index contributed by atoms with van der Waals surface area (Å²) >= 11 is 0. The number of nitriles is 1. The lowest BCUT2D eigenvalue weighted by atomic mass is 10.0. The van der Waals surface area contributed by atoms with Gasteiger partial charge in [0.2, 0.25) is 0 Å². The Bertz CT molecular complexity index is 1090. The van der Waals surface area contributed by atoms with Gasteiger partial charge in [-0.05, 0) is 80.1 Å². The molecule has 0 spiro atoms. The van der Waals surface area contributed by atoms with E-state index < -0.39 is 0 Å². The second kappa shape index (κ2) is 8.78. The first kappa shape index (κ1) is 19.6. The zero-order valence-corrected chi connectivity index (χ0v) is 17.4. The zero-order chi connectivity index (χ0) is 21.0. The van der Waals surface area contributed by atoms with E-state index in [4.69, 9.17) is 4.74 Å². The van der Waals surface area contributed by atoms with Crippen LogP contribution in [0.4, 0.5) is 11.6 Å². The molecule has 3 aromatic rings. The average molecular weight is 415 g/mol. The fourth-order valence-corrected chi connectivity index (χ4v) is 3.90. The molecule has 2 aromatic heterocycles. The summed E-state index contributed by atoms with van der Waals surface area (Å²) in [5.41, 5.74) is 2.51. The highest BCUT2D eigenvalue weighted by atomic mass is 16.5. The van der Waals surface area contributed by atoms with Crippen LogP contribution >= 0.6 is 0 Å². The van der Waals surface area contributed by atoms with Gasteiger partial charge in [0.25, 0.3) is 0 Å². The second-order valence-electron chi connectivity index (χ2n) is 8.29.